The molecule has 0 aliphatic carbocycles. The summed E-state index contributed by atoms with van der Waals surface area (Å²) in [5.41, 5.74) is 1.02. The molecule has 9 heteroatoms. The van der Waals surface area contributed by atoms with Gasteiger partial charge in [0.1, 0.15) is 9.79 Å². The van der Waals surface area contributed by atoms with E-state index in [2.05, 4.69) is 5.10 Å². The molecular formula is C18H17ClN2O4S2. The zero-order valence-corrected chi connectivity index (χ0v) is 17.2. The van der Waals surface area contributed by atoms with Gasteiger partial charge in [0, 0.05) is 0 Å². The van der Waals surface area contributed by atoms with E-state index in [0.29, 0.717) is 0 Å². The van der Waals surface area contributed by atoms with Gasteiger partial charge in [-0.15, -0.1) is 0 Å². The Morgan fingerprint density at radius 3 is 2.07 bits per heavy atom. The molecular weight excluding hydrogens is 408 g/mol. The Bertz CT molecular complexity index is 1230. The number of hydrogen-bond donors (Lipinski definition) is 0. The van der Waals surface area contributed by atoms with Crippen LogP contribution in [0.4, 0.5) is 0 Å². The predicted octanol–water partition coefficient (Wildman–Crippen LogP) is 3.53. The lowest BCUT2D eigenvalue weighted by Crippen LogP contribution is -2.17. The summed E-state index contributed by atoms with van der Waals surface area (Å²) in [6.07, 6.45) is 0. The van der Waals surface area contributed by atoms with Crippen LogP contribution in [0.25, 0.3) is 0 Å². The molecule has 0 atom stereocenters. The van der Waals surface area contributed by atoms with Crippen molar-refractivity contribution < 1.29 is 16.8 Å². The molecule has 0 unspecified atom stereocenters. The topological polar surface area (TPSA) is 86.1 Å². The fourth-order valence-electron chi connectivity index (χ4n) is 2.81. The fraction of sp³-hybridized carbons (Fsp3) is 0.167. The smallest absolute Gasteiger partial charge is 0.218 e. The van der Waals surface area contributed by atoms with E-state index in [1.807, 2.05) is 6.92 Å². The van der Waals surface area contributed by atoms with Crippen molar-refractivity contribution in [2.24, 2.45) is 0 Å². The van der Waals surface area contributed by atoms with Gasteiger partial charge in [-0.3, -0.25) is 0 Å². The highest BCUT2D eigenvalue weighted by Gasteiger charge is 2.31. The van der Waals surface area contributed by atoms with Gasteiger partial charge in [0.25, 0.3) is 10.0 Å². The Hall–Kier alpha value is -2.16. The summed E-state index contributed by atoms with van der Waals surface area (Å²) in [6, 6.07) is 12.3. The van der Waals surface area contributed by atoms with Gasteiger partial charge >= 0.3 is 0 Å². The lowest BCUT2D eigenvalue weighted by molar-refractivity contribution is 0.577. The molecule has 0 N–H and O–H groups in total. The second-order valence-corrected chi connectivity index (χ2v) is 10.1. The van der Waals surface area contributed by atoms with Crippen LogP contribution in [0.3, 0.4) is 0 Å². The quantitative estimate of drug-likeness (QED) is 0.639. The minimum Gasteiger partial charge on any atom is -0.218 e. The third kappa shape index (κ3) is 3.28. The van der Waals surface area contributed by atoms with Crippen molar-refractivity contribution in [3.8, 4) is 0 Å². The first-order chi connectivity index (χ1) is 12.6. The maximum atomic E-state index is 13.1. The zero-order valence-electron chi connectivity index (χ0n) is 14.8. The summed E-state index contributed by atoms with van der Waals surface area (Å²) < 4.78 is 52.8. The predicted molar refractivity (Wildman–Crippen MR) is 102 cm³/mol. The van der Waals surface area contributed by atoms with Crippen molar-refractivity contribution in [1.29, 1.82) is 0 Å². The summed E-state index contributed by atoms with van der Waals surface area (Å²) in [7, 11) is -8.07. The van der Waals surface area contributed by atoms with Crippen LogP contribution in [0.1, 0.15) is 17.0 Å². The molecule has 2 aromatic carbocycles. The van der Waals surface area contributed by atoms with Crippen LogP contribution in [0.15, 0.2) is 63.2 Å². The molecule has 3 aromatic rings. The van der Waals surface area contributed by atoms with E-state index in [1.54, 1.807) is 18.2 Å². The minimum atomic E-state index is -4.14. The first-order valence-corrected chi connectivity index (χ1v) is 11.2. The van der Waals surface area contributed by atoms with E-state index in [9.17, 15) is 16.8 Å². The first kappa shape index (κ1) is 19.6. The summed E-state index contributed by atoms with van der Waals surface area (Å²) >= 11 is 6.02. The van der Waals surface area contributed by atoms with Crippen LogP contribution in [-0.4, -0.2) is 26.0 Å². The van der Waals surface area contributed by atoms with Gasteiger partial charge in [0.2, 0.25) is 9.84 Å². The van der Waals surface area contributed by atoms with E-state index in [-0.39, 0.29) is 31.1 Å². The summed E-state index contributed by atoms with van der Waals surface area (Å²) in [4.78, 5) is -0.187. The molecule has 0 aliphatic rings. The van der Waals surface area contributed by atoms with Crippen molar-refractivity contribution in [2.45, 2.75) is 35.5 Å². The van der Waals surface area contributed by atoms with Gasteiger partial charge in [-0.1, -0.05) is 41.4 Å². The molecule has 0 amide bonds. The molecule has 0 saturated heterocycles. The van der Waals surface area contributed by atoms with Gasteiger partial charge in [0.05, 0.1) is 21.3 Å². The number of halogens is 1. The molecule has 6 nitrogen and oxygen atoms in total. The van der Waals surface area contributed by atoms with Crippen LogP contribution in [-0.2, 0) is 19.9 Å². The maximum absolute atomic E-state index is 13.1. The van der Waals surface area contributed by atoms with Gasteiger partial charge in [0.15, 0.2) is 0 Å². The van der Waals surface area contributed by atoms with Gasteiger partial charge < -0.3 is 0 Å². The average molecular weight is 425 g/mol. The molecule has 3 rings (SSSR count). The first-order valence-electron chi connectivity index (χ1n) is 7.95. The number of hydrogen-bond acceptors (Lipinski definition) is 5. The van der Waals surface area contributed by atoms with Crippen LogP contribution in [0, 0.1) is 20.8 Å². The average Bonchev–Trinajstić information content (AvgIpc) is 2.91. The van der Waals surface area contributed by atoms with E-state index in [4.69, 9.17) is 11.6 Å². The van der Waals surface area contributed by atoms with Crippen molar-refractivity contribution in [1.82, 2.24) is 9.19 Å². The van der Waals surface area contributed by atoms with Crippen LogP contribution >= 0.6 is 11.6 Å². The summed E-state index contributed by atoms with van der Waals surface area (Å²) in [5, 5.41) is 4.03. The zero-order chi connectivity index (χ0) is 20.0. The van der Waals surface area contributed by atoms with Gasteiger partial charge in [-0.05, 0) is 45.0 Å². The Kier molecular flexibility index (Phi) is 4.92. The number of aromatic nitrogens is 2. The van der Waals surface area contributed by atoms with E-state index in [0.717, 1.165) is 9.65 Å². The van der Waals surface area contributed by atoms with Crippen molar-refractivity contribution in [3.05, 3.63) is 70.5 Å². The Morgan fingerprint density at radius 1 is 0.889 bits per heavy atom. The highest BCUT2D eigenvalue weighted by Crippen LogP contribution is 2.30. The van der Waals surface area contributed by atoms with Crippen molar-refractivity contribution in [2.75, 3.05) is 0 Å². The largest absolute Gasteiger partial charge is 0.284 e. The lowest BCUT2D eigenvalue weighted by Gasteiger charge is -2.09. The normalized spacial score (nSPS) is 12.3. The standard InChI is InChI=1S/C18H17ClN2O4S2/c1-12-8-10-15(11-9-12)26(22,23)18-13(2)20-21(14(18)3)27(24,25)17-7-5-4-6-16(17)19/h4-11H,1-3H3. The molecule has 0 radical (unpaired) electrons. The second-order valence-electron chi connectivity index (χ2n) is 6.09. The molecule has 0 bridgehead atoms. The van der Waals surface area contributed by atoms with E-state index >= 15 is 0 Å². The SMILES string of the molecule is Cc1ccc(S(=O)(=O)c2c(C)nn(S(=O)(=O)c3ccccc3Cl)c2C)cc1. The van der Waals surface area contributed by atoms with E-state index in [1.165, 1.54) is 44.2 Å². The number of rotatable bonds is 4. The molecule has 0 aliphatic heterocycles. The molecule has 1 aromatic heterocycles. The molecule has 27 heavy (non-hydrogen) atoms. The maximum Gasteiger partial charge on any atom is 0.284 e. The molecule has 142 valence electrons. The monoisotopic (exact) mass is 424 g/mol. The lowest BCUT2D eigenvalue weighted by atomic mass is 10.2. The number of sulfone groups is 1. The number of benzene rings is 2. The van der Waals surface area contributed by atoms with E-state index < -0.39 is 19.9 Å². The van der Waals surface area contributed by atoms with Crippen molar-refractivity contribution in [3.63, 3.8) is 0 Å². The number of aryl methyl sites for hydroxylation is 2. The van der Waals surface area contributed by atoms with Crippen LogP contribution < -0.4 is 0 Å². The highest BCUT2D eigenvalue weighted by atomic mass is 35.5. The molecule has 0 fully saturated rings. The molecule has 0 saturated carbocycles. The Balaban J connectivity index is 2.22. The third-order valence-electron chi connectivity index (χ3n) is 4.13. The second kappa shape index (κ2) is 6.78. The molecule has 0 spiro atoms. The van der Waals surface area contributed by atoms with Gasteiger partial charge in [-0.2, -0.15) is 17.6 Å². The number of nitrogens with zero attached hydrogens (tertiary/aromatic N) is 2. The molecule has 1 heterocycles. The fourth-order valence-corrected chi connectivity index (χ4v) is 6.36. The van der Waals surface area contributed by atoms with Crippen LogP contribution in [0.2, 0.25) is 5.02 Å². The summed E-state index contributed by atoms with van der Waals surface area (Å²) in [6.45, 7) is 4.73. The Labute approximate surface area is 163 Å². The minimum absolute atomic E-state index is 0.00740. The summed E-state index contributed by atoms with van der Waals surface area (Å²) in [5.74, 6) is 0. The van der Waals surface area contributed by atoms with Crippen molar-refractivity contribution >= 4 is 31.5 Å². The Morgan fingerprint density at radius 2 is 1.48 bits per heavy atom. The third-order valence-corrected chi connectivity index (χ3v) is 8.31. The van der Waals surface area contributed by atoms with Crippen LogP contribution in [0.5, 0.6) is 0 Å². The van der Waals surface area contributed by atoms with Gasteiger partial charge in [-0.25, -0.2) is 8.42 Å². The highest BCUT2D eigenvalue weighted by molar-refractivity contribution is 7.92.